The predicted molar refractivity (Wildman–Crippen MR) is 161 cm³/mol. The molecule has 0 amide bonds. The zero-order valence-corrected chi connectivity index (χ0v) is 24.4. The van der Waals surface area contributed by atoms with E-state index in [0.717, 1.165) is 0 Å². The molecule has 0 spiro atoms. The highest BCUT2D eigenvalue weighted by Crippen LogP contribution is 2.37. The highest BCUT2D eigenvalue weighted by Gasteiger charge is 2.21. The first kappa shape index (κ1) is 29.4. The van der Waals surface area contributed by atoms with E-state index in [4.69, 9.17) is 14.2 Å². The molecule has 5 rings (SSSR count). The van der Waals surface area contributed by atoms with Gasteiger partial charge < -0.3 is 18.8 Å². The zero-order chi connectivity index (χ0) is 30.8. The van der Waals surface area contributed by atoms with E-state index in [9.17, 15) is 14.0 Å². The molecule has 5 aromatic rings. The number of benzene rings is 3. The molecule has 9 heteroatoms. The van der Waals surface area contributed by atoms with Crippen LogP contribution in [0.25, 0.3) is 22.0 Å². The molecule has 0 aliphatic heterocycles. The third-order valence-corrected chi connectivity index (χ3v) is 7.27. The number of halogens is 2. The van der Waals surface area contributed by atoms with Crippen LogP contribution >= 0.6 is 0 Å². The molecule has 7 nitrogen and oxygen atoms in total. The SMILES string of the molecule is COc1cc2nccc(Oc3ccc(CC(=O)c4cn(C(C)C)c(C)c(-c5ccc(F)cc5)c4=O)cc3F)c2cc1OC. The zero-order valence-electron chi connectivity index (χ0n) is 24.4. The van der Waals surface area contributed by atoms with Gasteiger partial charge in [-0.05, 0) is 68.3 Å². The lowest BCUT2D eigenvalue weighted by Crippen LogP contribution is -2.24. The van der Waals surface area contributed by atoms with Crippen LogP contribution in [0.1, 0.15) is 41.5 Å². The molecule has 2 aromatic heterocycles. The minimum Gasteiger partial charge on any atom is -0.493 e. The Morgan fingerprint density at radius 3 is 2.26 bits per heavy atom. The van der Waals surface area contributed by atoms with E-state index >= 15 is 4.39 Å². The average molecular weight is 585 g/mol. The second kappa shape index (κ2) is 12.1. The minimum atomic E-state index is -0.675. The van der Waals surface area contributed by atoms with Crippen molar-refractivity contribution in [2.45, 2.75) is 33.2 Å². The molecule has 43 heavy (non-hydrogen) atoms. The van der Waals surface area contributed by atoms with Crippen molar-refractivity contribution in [1.29, 1.82) is 0 Å². The molecule has 0 bridgehead atoms. The van der Waals surface area contributed by atoms with E-state index < -0.39 is 22.8 Å². The van der Waals surface area contributed by atoms with Crippen LogP contribution in [0.3, 0.4) is 0 Å². The van der Waals surface area contributed by atoms with E-state index in [2.05, 4.69) is 4.98 Å². The molecular formula is C34H30F2N2O5. The Morgan fingerprint density at radius 2 is 1.60 bits per heavy atom. The number of hydrogen-bond donors (Lipinski definition) is 0. The number of hydrogen-bond acceptors (Lipinski definition) is 6. The number of nitrogens with zero attached hydrogens (tertiary/aromatic N) is 2. The summed E-state index contributed by atoms with van der Waals surface area (Å²) in [5.41, 5.74) is 1.97. The van der Waals surface area contributed by atoms with Crippen LogP contribution in [0.15, 0.2) is 77.9 Å². The number of pyridine rings is 2. The van der Waals surface area contributed by atoms with Crippen molar-refractivity contribution in [1.82, 2.24) is 9.55 Å². The molecule has 2 heterocycles. The van der Waals surface area contributed by atoms with E-state index in [1.54, 1.807) is 43.6 Å². The molecule has 0 radical (unpaired) electrons. The van der Waals surface area contributed by atoms with Gasteiger partial charge in [-0.1, -0.05) is 18.2 Å². The van der Waals surface area contributed by atoms with Gasteiger partial charge in [0.25, 0.3) is 0 Å². The van der Waals surface area contributed by atoms with E-state index in [0.29, 0.717) is 50.5 Å². The Labute approximate surface area is 247 Å². The molecule has 3 aromatic carbocycles. The molecule has 0 N–H and O–H groups in total. The summed E-state index contributed by atoms with van der Waals surface area (Å²) >= 11 is 0. The molecule has 0 aliphatic carbocycles. The van der Waals surface area contributed by atoms with Gasteiger partial charge >= 0.3 is 0 Å². The minimum absolute atomic E-state index is 0.0213. The normalized spacial score (nSPS) is 11.2. The largest absolute Gasteiger partial charge is 0.493 e. The van der Waals surface area contributed by atoms with Gasteiger partial charge in [0.05, 0.1) is 25.3 Å². The fraction of sp³-hybridized carbons (Fsp3) is 0.206. The fourth-order valence-electron chi connectivity index (χ4n) is 5.09. The number of carbonyl (C=O) groups is 1. The van der Waals surface area contributed by atoms with Crippen molar-refractivity contribution < 1.29 is 27.8 Å². The molecule has 0 saturated heterocycles. The van der Waals surface area contributed by atoms with Gasteiger partial charge in [0.2, 0.25) is 0 Å². The van der Waals surface area contributed by atoms with Gasteiger partial charge in [-0.2, -0.15) is 0 Å². The predicted octanol–water partition coefficient (Wildman–Crippen LogP) is 7.47. The van der Waals surface area contributed by atoms with Crippen LogP contribution in [-0.2, 0) is 6.42 Å². The highest BCUT2D eigenvalue weighted by atomic mass is 19.1. The summed E-state index contributed by atoms with van der Waals surface area (Å²) < 4.78 is 47.3. The van der Waals surface area contributed by atoms with Gasteiger partial charge in [0.1, 0.15) is 11.6 Å². The van der Waals surface area contributed by atoms with Gasteiger partial charge in [-0.3, -0.25) is 14.6 Å². The number of ketones is 1. The Morgan fingerprint density at radius 1 is 0.907 bits per heavy atom. The van der Waals surface area contributed by atoms with Crippen LogP contribution < -0.4 is 19.6 Å². The second-order valence-corrected chi connectivity index (χ2v) is 10.3. The number of fused-ring (bicyclic) bond motifs is 1. The fourth-order valence-corrected chi connectivity index (χ4v) is 5.09. The maximum Gasteiger partial charge on any atom is 0.200 e. The Balaban J connectivity index is 1.45. The quantitative estimate of drug-likeness (QED) is 0.167. The smallest absolute Gasteiger partial charge is 0.200 e. The van der Waals surface area contributed by atoms with Gasteiger partial charge in [-0.25, -0.2) is 8.78 Å². The van der Waals surface area contributed by atoms with Crippen molar-refractivity contribution in [2.24, 2.45) is 0 Å². The summed E-state index contributed by atoms with van der Waals surface area (Å²) in [7, 11) is 3.04. The maximum atomic E-state index is 15.3. The summed E-state index contributed by atoms with van der Waals surface area (Å²) in [4.78, 5) is 31.3. The topological polar surface area (TPSA) is 79.7 Å². The van der Waals surface area contributed by atoms with Crippen LogP contribution in [0, 0.1) is 18.6 Å². The van der Waals surface area contributed by atoms with Crippen molar-refractivity contribution in [3.8, 4) is 34.1 Å². The van der Waals surface area contributed by atoms with Crippen LogP contribution in [0.2, 0.25) is 0 Å². The number of Topliss-reactive ketones (excluding diaryl/α,β-unsaturated/α-hetero) is 1. The monoisotopic (exact) mass is 584 g/mol. The highest BCUT2D eigenvalue weighted by molar-refractivity contribution is 5.98. The maximum absolute atomic E-state index is 15.3. The summed E-state index contributed by atoms with van der Waals surface area (Å²) in [5, 5.41) is 0.594. The van der Waals surface area contributed by atoms with Crippen molar-refractivity contribution >= 4 is 16.7 Å². The molecule has 0 aliphatic rings. The molecule has 0 unspecified atom stereocenters. The second-order valence-electron chi connectivity index (χ2n) is 10.3. The lowest BCUT2D eigenvalue weighted by Gasteiger charge is -2.20. The van der Waals surface area contributed by atoms with E-state index in [-0.39, 0.29) is 23.8 Å². The summed E-state index contributed by atoms with van der Waals surface area (Å²) in [6.07, 6.45) is 2.88. The Bertz CT molecular complexity index is 1900. The molecular weight excluding hydrogens is 554 g/mol. The number of ether oxygens (including phenoxy) is 3. The lowest BCUT2D eigenvalue weighted by molar-refractivity contribution is 0.0991. The third kappa shape index (κ3) is 5.83. The van der Waals surface area contributed by atoms with Gasteiger partial charge in [0.15, 0.2) is 34.3 Å². The first-order chi connectivity index (χ1) is 20.6. The molecule has 220 valence electrons. The summed E-state index contributed by atoms with van der Waals surface area (Å²) in [6, 6.07) is 14.8. The third-order valence-electron chi connectivity index (χ3n) is 7.27. The average Bonchev–Trinajstić information content (AvgIpc) is 2.98. The van der Waals surface area contributed by atoms with E-state index in [1.807, 2.05) is 18.4 Å². The Kier molecular flexibility index (Phi) is 8.25. The molecule has 0 saturated carbocycles. The van der Waals surface area contributed by atoms with Crippen LogP contribution in [0.4, 0.5) is 8.78 Å². The van der Waals surface area contributed by atoms with Crippen LogP contribution in [-0.4, -0.2) is 29.6 Å². The van der Waals surface area contributed by atoms with Crippen LogP contribution in [0.5, 0.6) is 23.0 Å². The molecule has 0 fully saturated rings. The standard InChI is InChI=1S/C34H30F2N2O5/c1-19(2)38-18-25(34(40)33(20(38)3)22-7-9-23(35)10-8-22)28(39)15-21-6-11-30(26(36)14-21)43-29-12-13-37-27-17-32(42-5)31(41-4)16-24(27)29/h6-14,16-19H,15H2,1-5H3. The lowest BCUT2D eigenvalue weighted by atomic mass is 9.97. The van der Waals surface area contributed by atoms with Gasteiger partial charge in [-0.15, -0.1) is 0 Å². The van der Waals surface area contributed by atoms with Crippen molar-refractivity contribution in [2.75, 3.05) is 14.2 Å². The summed E-state index contributed by atoms with van der Waals surface area (Å²) in [6.45, 7) is 5.67. The molecule has 0 atom stereocenters. The summed E-state index contributed by atoms with van der Waals surface area (Å²) in [5.74, 6) is -0.283. The number of methoxy groups -OCH3 is 2. The van der Waals surface area contributed by atoms with Gasteiger partial charge in [0, 0.05) is 47.6 Å². The number of aromatic nitrogens is 2. The first-order valence-corrected chi connectivity index (χ1v) is 13.6. The van der Waals surface area contributed by atoms with E-state index in [1.165, 1.54) is 50.6 Å². The Hall–Kier alpha value is -5.05. The number of carbonyl (C=O) groups excluding carboxylic acids is 1. The van der Waals surface area contributed by atoms with Crippen molar-refractivity contribution in [3.05, 3.63) is 112 Å². The van der Waals surface area contributed by atoms with Crippen molar-refractivity contribution in [3.63, 3.8) is 0 Å². The number of rotatable bonds is 9. The first-order valence-electron chi connectivity index (χ1n) is 13.6.